The molecule has 0 atom stereocenters. The van der Waals surface area contributed by atoms with Gasteiger partial charge in [0, 0.05) is 11.6 Å². The number of hydrogen-bond acceptors (Lipinski definition) is 11. The molecule has 13 heteroatoms. The molecule has 0 aliphatic carbocycles. The van der Waals surface area contributed by atoms with E-state index in [1.54, 1.807) is 42.5 Å². The number of carboxylic acids is 1. The highest BCUT2D eigenvalue weighted by Crippen LogP contribution is 2.32. The normalized spacial score (nSPS) is 10.8. The Hall–Kier alpha value is -4.17. The summed E-state index contributed by atoms with van der Waals surface area (Å²) in [6.45, 7) is 3.75. The van der Waals surface area contributed by atoms with E-state index in [-0.39, 0.29) is 22.4 Å². The maximum absolute atomic E-state index is 13.1. The lowest BCUT2D eigenvalue weighted by atomic mass is 10.2. The van der Waals surface area contributed by atoms with Gasteiger partial charge >= 0.3 is 5.97 Å². The fourth-order valence-electron chi connectivity index (χ4n) is 3.13. The lowest BCUT2D eigenvalue weighted by Gasteiger charge is -2.14. The van der Waals surface area contributed by atoms with Gasteiger partial charge in [0.25, 0.3) is 5.91 Å². The Kier molecular flexibility index (Phi) is 9.33. The smallest absolute Gasteiger partial charge is 0.335 e. The monoisotopic (exact) mass is 569 g/mol. The molecule has 0 radical (unpaired) electrons. The molecule has 0 aliphatic rings. The second-order valence-electron chi connectivity index (χ2n) is 7.99. The first-order valence-corrected chi connectivity index (χ1v) is 13.0. The molecule has 4 rings (SSSR count). The predicted molar refractivity (Wildman–Crippen MR) is 144 cm³/mol. The summed E-state index contributed by atoms with van der Waals surface area (Å²) in [4.78, 5) is 37.2. The predicted octanol–water partition coefficient (Wildman–Crippen LogP) is 6.45. The first-order valence-electron chi connectivity index (χ1n) is 11.4. The van der Waals surface area contributed by atoms with Gasteiger partial charge in [-0.05, 0) is 56.3 Å². The Labute approximate surface area is 231 Å². The molecule has 11 nitrogen and oxygen atoms in total. The van der Waals surface area contributed by atoms with E-state index in [2.05, 4.69) is 20.2 Å². The zero-order valence-electron chi connectivity index (χ0n) is 20.9. The van der Waals surface area contributed by atoms with Crippen LogP contribution in [0.5, 0.6) is 28.1 Å². The van der Waals surface area contributed by atoms with E-state index in [4.69, 9.17) is 23.7 Å². The van der Waals surface area contributed by atoms with E-state index in [0.717, 1.165) is 23.4 Å². The quantitative estimate of drug-likeness (QED) is 0.111. The summed E-state index contributed by atoms with van der Waals surface area (Å²) >= 11 is 2.05. The fraction of sp³-hybridized carbons (Fsp3) is 0.154. The van der Waals surface area contributed by atoms with Crippen LogP contribution in [-0.4, -0.2) is 40.2 Å². The van der Waals surface area contributed by atoms with Gasteiger partial charge in [0.15, 0.2) is 5.13 Å². The van der Waals surface area contributed by atoms with Crippen molar-refractivity contribution in [3.63, 3.8) is 0 Å². The van der Waals surface area contributed by atoms with Gasteiger partial charge in [0.05, 0.1) is 43.2 Å². The molecule has 0 spiro atoms. The number of nitrogens with zero attached hydrogens (tertiary/aromatic N) is 2. The summed E-state index contributed by atoms with van der Waals surface area (Å²) in [5.74, 6) is 0.0959. The molecule has 0 aliphatic heterocycles. The minimum Gasteiger partial charge on any atom is -0.491 e. The topological polar surface area (TPSA) is 138 Å². The summed E-state index contributed by atoms with van der Waals surface area (Å²) in [6.07, 6.45) is 2.82. The third-order valence-electron chi connectivity index (χ3n) is 4.65. The van der Waals surface area contributed by atoms with Crippen LogP contribution >= 0.6 is 23.4 Å². The van der Waals surface area contributed by atoms with E-state index >= 15 is 0 Å². The van der Waals surface area contributed by atoms with E-state index in [1.165, 1.54) is 31.6 Å². The molecule has 0 saturated carbocycles. The maximum Gasteiger partial charge on any atom is 0.335 e. The number of rotatable bonds is 12. The van der Waals surface area contributed by atoms with Crippen LogP contribution < -0.4 is 19.5 Å². The number of nitrogens with one attached hydrogen (secondary N) is 1. The number of benzene rings is 2. The Balaban J connectivity index is 1.48. The van der Waals surface area contributed by atoms with Crippen LogP contribution in [0.25, 0.3) is 0 Å². The lowest BCUT2D eigenvalue weighted by Crippen LogP contribution is -2.13. The van der Waals surface area contributed by atoms with Gasteiger partial charge < -0.3 is 19.3 Å². The molecule has 2 aromatic carbocycles. The zero-order chi connectivity index (χ0) is 27.8. The Morgan fingerprint density at radius 2 is 1.72 bits per heavy atom. The third kappa shape index (κ3) is 8.15. The van der Waals surface area contributed by atoms with Crippen molar-refractivity contribution >= 4 is 40.4 Å². The molecule has 39 heavy (non-hydrogen) atoms. The SMILES string of the molecule is COOSc1ccc(Oc2cc(OC(C)C)cc(C(=O)Nc3ncc(Oc4cccc(C(=O)O)c4)s3)c2)cn1. The van der Waals surface area contributed by atoms with Crippen molar-refractivity contribution in [3.8, 4) is 28.1 Å². The summed E-state index contributed by atoms with van der Waals surface area (Å²) < 4.78 is 22.2. The van der Waals surface area contributed by atoms with Crippen LogP contribution in [0.3, 0.4) is 0 Å². The molecular formula is C26H23N3O8S2. The molecule has 4 aromatic rings. The van der Waals surface area contributed by atoms with Gasteiger partial charge in [-0.2, -0.15) is 4.33 Å². The highest BCUT2D eigenvalue weighted by Gasteiger charge is 2.15. The lowest BCUT2D eigenvalue weighted by molar-refractivity contribution is -0.160. The number of aromatic nitrogens is 2. The van der Waals surface area contributed by atoms with Crippen molar-refractivity contribution in [3.05, 3.63) is 78.1 Å². The molecule has 0 saturated heterocycles. The van der Waals surface area contributed by atoms with Crippen LogP contribution in [0, 0.1) is 0 Å². The number of pyridine rings is 1. The Morgan fingerprint density at radius 1 is 0.923 bits per heavy atom. The van der Waals surface area contributed by atoms with Crippen LogP contribution in [-0.2, 0) is 9.22 Å². The van der Waals surface area contributed by atoms with Gasteiger partial charge in [-0.25, -0.2) is 19.7 Å². The molecule has 1 amide bonds. The van der Waals surface area contributed by atoms with E-state index in [9.17, 15) is 9.59 Å². The number of carbonyl (C=O) groups is 2. The van der Waals surface area contributed by atoms with Crippen molar-refractivity contribution in [2.75, 3.05) is 12.4 Å². The minimum atomic E-state index is -1.06. The average molecular weight is 570 g/mol. The number of thiazole rings is 1. The number of amides is 1. The number of ether oxygens (including phenoxy) is 3. The van der Waals surface area contributed by atoms with E-state index < -0.39 is 11.9 Å². The second kappa shape index (κ2) is 13.1. The molecule has 2 N–H and O–H groups in total. The van der Waals surface area contributed by atoms with Crippen LogP contribution in [0.15, 0.2) is 72.0 Å². The van der Waals surface area contributed by atoms with Gasteiger partial charge in [0.2, 0.25) is 5.06 Å². The molecule has 202 valence electrons. The first-order chi connectivity index (χ1) is 18.8. The van der Waals surface area contributed by atoms with Crippen molar-refractivity contribution in [1.82, 2.24) is 9.97 Å². The number of carboxylic acid groups (broad SMARTS) is 1. The second-order valence-corrected chi connectivity index (χ2v) is 9.70. The molecular weight excluding hydrogens is 546 g/mol. The van der Waals surface area contributed by atoms with Gasteiger partial charge in [-0.3, -0.25) is 10.1 Å². The van der Waals surface area contributed by atoms with Crippen LogP contribution in [0.2, 0.25) is 0 Å². The van der Waals surface area contributed by atoms with Crippen molar-refractivity contribution in [1.29, 1.82) is 0 Å². The van der Waals surface area contributed by atoms with Crippen LogP contribution in [0.1, 0.15) is 34.6 Å². The first kappa shape index (κ1) is 27.9. The molecule has 0 fully saturated rings. The third-order valence-corrected chi connectivity index (χ3v) is 6.06. The molecule has 2 aromatic heterocycles. The minimum absolute atomic E-state index is 0.0952. The standard InChI is InChI=1S/C26H23N3O8S2/c1-15(2)34-20-10-17(11-21(12-20)35-19-7-8-22(27-13-19)39-37-33-3)24(30)29-26-28-14-23(38-26)36-18-6-4-5-16(9-18)25(31)32/h4-15H,1-3H3,(H,31,32)(H,28,29,30). The summed E-state index contributed by atoms with van der Waals surface area (Å²) in [5, 5.41) is 13.1. The number of anilines is 1. The summed E-state index contributed by atoms with van der Waals surface area (Å²) in [6, 6.07) is 14.3. The number of hydrogen-bond donors (Lipinski definition) is 2. The molecule has 2 heterocycles. The molecule has 0 unspecified atom stereocenters. The van der Waals surface area contributed by atoms with E-state index in [0.29, 0.717) is 33.1 Å². The summed E-state index contributed by atoms with van der Waals surface area (Å²) in [5.41, 5.74) is 0.376. The Bertz CT molecular complexity index is 1440. The fourth-order valence-corrected chi connectivity index (χ4v) is 4.17. The molecule has 0 bridgehead atoms. The van der Waals surface area contributed by atoms with E-state index in [1.807, 2.05) is 13.8 Å². The number of aromatic carboxylic acids is 1. The Morgan fingerprint density at radius 3 is 2.44 bits per heavy atom. The van der Waals surface area contributed by atoms with Gasteiger partial charge in [0.1, 0.15) is 28.0 Å². The van der Waals surface area contributed by atoms with Crippen LogP contribution in [0.4, 0.5) is 5.13 Å². The van der Waals surface area contributed by atoms with Gasteiger partial charge in [-0.1, -0.05) is 17.4 Å². The zero-order valence-corrected chi connectivity index (χ0v) is 22.6. The van der Waals surface area contributed by atoms with Gasteiger partial charge in [-0.15, -0.1) is 0 Å². The number of carbonyl (C=O) groups excluding carboxylic acids is 1. The highest BCUT2D eigenvalue weighted by molar-refractivity contribution is 7.94. The van der Waals surface area contributed by atoms with Crippen molar-refractivity contribution in [2.24, 2.45) is 0 Å². The maximum atomic E-state index is 13.1. The largest absolute Gasteiger partial charge is 0.491 e. The summed E-state index contributed by atoms with van der Waals surface area (Å²) in [7, 11) is 1.40. The average Bonchev–Trinajstić information content (AvgIpc) is 3.34. The van der Waals surface area contributed by atoms with Crippen molar-refractivity contribution in [2.45, 2.75) is 25.0 Å². The van der Waals surface area contributed by atoms with Crippen molar-refractivity contribution < 1.29 is 38.1 Å². The highest BCUT2D eigenvalue weighted by atomic mass is 32.2.